The van der Waals surface area contributed by atoms with Gasteiger partial charge in [-0.15, -0.1) is 24.0 Å². The lowest BCUT2D eigenvalue weighted by Gasteiger charge is -2.29. The van der Waals surface area contributed by atoms with E-state index in [0.717, 1.165) is 57.8 Å². The zero-order valence-electron chi connectivity index (χ0n) is 16.4. The lowest BCUT2D eigenvalue weighted by Crippen LogP contribution is -2.41. The van der Waals surface area contributed by atoms with Gasteiger partial charge in [0.05, 0.1) is 6.61 Å². The summed E-state index contributed by atoms with van der Waals surface area (Å²) in [7, 11) is 3.91. The summed E-state index contributed by atoms with van der Waals surface area (Å²) in [6.07, 6.45) is 9.07. The van der Waals surface area contributed by atoms with Crippen LogP contribution in [-0.2, 0) is 9.47 Å². The van der Waals surface area contributed by atoms with Crippen molar-refractivity contribution in [2.24, 2.45) is 16.3 Å². The summed E-state index contributed by atoms with van der Waals surface area (Å²) in [5.41, 5.74) is 0.347. The minimum absolute atomic E-state index is 0. The Morgan fingerprint density at radius 1 is 1.24 bits per heavy atom. The zero-order valence-corrected chi connectivity index (χ0v) is 18.7. The highest BCUT2D eigenvalue weighted by atomic mass is 127. The van der Waals surface area contributed by atoms with Crippen LogP contribution >= 0.6 is 24.0 Å². The van der Waals surface area contributed by atoms with Crippen LogP contribution in [0.4, 0.5) is 0 Å². The molecular formula is C19H38IN3O2. The van der Waals surface area contributed by atoms with E-state index < -0.39 is 0 Å². The second-order valence-corrected chi connectivity index (χ2v) is 7.56. The molecule has 2 aliphatic carbocycles. The van der Waals surface area contributed by atoms with Gasteiger partial charge in [0.1, 0.15) is 0 Å². The maximum Gasteiger partial charge on any atom is 0.193 e. The molecule has 25 heavy (non-hydrogen) atoms. The van der Waals surface area contributed by atoms with Gasteiger partial charge in [0.2, 0.25) is 0 Å². The molecule has 2 rings (SSSR count). The van der Waals surface area contributed by atoms with Crippen molar-refractivity contribution in [3.8, 4) is 0 Å². The first-order valence-corrected chi connectivity index (χ1v) is 9.75. The number of methoxy groups -OCH3 is 1. The average Bonchev–Trinajstić information content (AvgIpc) is 3.30. The van der Waals surface area contributed by atoms with Crippen molar-refractivity contribution >= 4 is 29.9 Å². The van der Waals surface area contributed by atoms with Crippen LogP contribution in [0.3, 0.4) is 0 Å². The standard InChI is InChI=1S/C19H37N3O2.HI/c1-4-20-18(22(2)12-14-24-15-17-7-8-17)21-16-19(11-13-23-3)9-5-6-10-19;/h17H,4-16H2,1-3H3,(H,20,21);1H. The Bertz CT molecular complexity index is 383. The molecule has 0 aliphatic heterocycles. The monoisotopic (exact) mass is 467 g/mol. The van der Waals surface area contributed by atoms with Gasteiger partial charge in [0.25, 0.3) is 0 Å². The van der Waals surface area contributed by atoms with E-state index in [0.29, 0.717) is 5.41 Å². The fourth-order valence-corrected chi connectivity index (χ4v) is 3.48. The maximum absolute atomic E-state index is 5.77. The first-order chi connectivity index (χ1) is 11.7. The van der Waals surface area contributed by atoms with Gasteiger partial charge in [0, 0.05) is 47.0 Å². The van der Waals surface area contributed by atoms with Gasteiger partial charge in [-0.25, -0.2) is 0 Å². The molecule has 0 heterocycles. The third-order valence-corrected chi connectivity index (χ3v) is 5.38. The second kappa shape index (κ2) is 12.3. The number of nitrogens with one attached hydrogen (secondary N) is 1. The molecule has 1 N–H and O–H groups in total. The molecule has 5 nitrogen and oxygen atoms in total. The van der Waals surface area contributed by atoms with Gasteiger partial charge in [0.15, 0.2) is 5.96 Å². The van der Waals surface area contributed by atoms with E-state index in [1.807, 2.05) is 0 Å². The van der Waals surface area contributed by atoms with Crippen molar-refractivity contribution in [1.82, 2.24) is 10.2 Å². The normalized spacial score (nSPS) is 19.6. The summed E-state index contributed by atoms with van der Waals surface area (Å²) >= 11 is 0. The number of rotatable bonds is 11. The molecule has 0 saturated heterocycles. The number of hydrogen-bond acceptors (Lipinski definition) is 3. The number of hydrogen-bond donors (Lipinski definition) is 1. The highest BCUT2D eigenvalue weighted by Crippen LogP contribution is 2.41. The molecule has 0 aromatic heterocycles. The quantitative estimate of drug-likeness (QED) is 0.219. The topological polar surface area (TPSA) is 46.1 Å². The van der Waals surface area contributed by atoms with Crippen molar-refractivity contribution in [1.29, 1.82) is 0 Å². The summed E-state index contributed by atoms with van der Waals surface area (Å²) < 4.78 is 11.1. The first-order valence-electron chi connectivity index (χ1n) is 9.75. The van der Waals surface area contributed by atoms with Gasteiger partial charge in [-0.3, -0.25) is 4.99 Å². The van der Waals surface area contributed by atoms with Crippen LogP contribution in [0, 0.1) is 11.3 Å². The number of likely N-dealkylation sites (N-methyl/N-ethyl adjacent to an activating group) is 1. The van der Waals surface area contributed by atoms with E-state index in [2.05, 4.69) is 24.2 Å². The predicted octanol–water partition coefficient (Wildman–Crippen LogP) is 3.53. The number of ether oxygens (including phenoxy) is 2. The molecule has 2 saturated carbocycles. The first kappa shape index (κ1) is 23.0. The lowest BCUT2D eigenvalue weighted by molar-refractivity contribution is 0.115. The molecule has 0 aromatic rings. The maximum atomic E-state index is 5.77. The highest BCUT2D eigenvalue weighted by molar-refractivity contribution is 14.0. The van der Waals surface area contributed by atoms with Crippen molar-refractivity contribution in [3.63, 3.8) is 0 Å². The van der Waals surface area contributed by atoms with E-state index in [1.165, 1.54) is 38.5 Å². The Labute approximate surface area is 171 Å². The van der Waals surface area contributed by atoms with Crippen molar-refractivity contribution in [2.45, 2.75) is 51.9 Å². The predicted molar refractivity (Wildman–Crippen MR) is 115 cm³/mol. The summed E-state index contributed by atoms with van der Waals surface area (Å²) in [5.74, 6) is 1.84. The van der Waals surface area contributed by atoms with E-state index in [4.69, 9.17) is 14.5 Å². The van der Waals surface area contributed by atoms with Crippen LogP contribution < -0.4 is 5.32 Å². The number of halogens is 1. The van der Waals surface area contributed by atoms with Gasteiger partial charge in [-0.1, -0.05) is 12.8 Å². The zero-order chi connectivity index (χ0) is 17.3. The Morgan fingerprint density at radius 2 is 1.96 bits per heavy atom. The molecule has 6 heteroatoms. The molecule has 0 radical (unpaired) electrons. The Kier molecular flexibility index (Phi) is 11.3. The summed E-state index contributed by atoms with van der Waals surface area (Å²) in [6.45, 7) is 7.39. The largest absolute Gasteiger partial charge is 0.385 e. The molecule has 2 aliphatic rings. The summed E-state index contributed by atoms with van der Waals surface area (Å²) in [5, 5.41) is 3.43. The van der Waals surface area contributed by atoms with Crippen molar-refractivity contribution < 1.29 is 9.47 Å². The fraction of sp³-hybridized carbons (Fsp3) is 0.947. The third kappa shape index (κ3) is 8.43. The van der Waals surface area contributed by atoms with E-state index >= 15 is 0 Å². The smallest absolute Gasteiger partial charge is 0.193 e. The number of guanidine groups is 1. The van der Waals surface area contributed by atoms with Gasteiger partial charge >= 0.3 is 0 Å². The van der Waals surface area contributed by atoms with Crippen LogP contribution in [0.5, 0.6) is 0 Å². The molecule has 0 aromatic carbocycles. The van der Waals surface area contributed by atoms with E-state index in [1.54, 1.807) is 7.11 Å². The van der Waals surface area contributed by atoms with Crippen LogP contribution in [0.2, 0.25) is 0 Å². The van der Waals surface area contributed by atoms with Gasteiger partial charge in [-0.05, 0) is 50.4 Å². The molecule has 0 bridgehead atoms. The second-order valence-electron chi connectivity index (χ2n) is 7.56. The van der Waals surface area contributed by atoms with Crippen LogP contribution in [-0.4, -0.2) is 64.5 Å². The number of nitrogens with zero attached hydrogens (tertiary/aromatic N) is 2. The Balaban J connectivity index is 0.00000312. The molecule has 0 amide bonds. The average molecular weight is 467 g/mol. The van der Waals surface area contributed by atoms with Gasteiger partial charge in [-0.2, -0.15) is 0 Å². The molecule has 148 valence electrons. The molecule has 0 spiro atoms. The molecule has 0 unspecified atom stereocenters. The van der Waals surface area contributed by atoms with Crippen LogP contribution in [0.25, 0.3) is 0 Å². The van der Waals surface area contributed by atoms with Crippen LogP contribution in [0.15, 0.2) is 4.99 Å². The number of aliphatic imine (C=N–C) groups is 1. The molecule has 0 atom stereocenters. The minimum atomic E-state index is 0. The highest BCUT2D eigenvalue weighted by Gasteiger charge is 2.33. The summed E-state index contributed by atoms with van der Waals surface area (Å²) in [4.78, 5) is 7.17. The third-order valence-electron chi connectivity index (χ3n) is 5.38. The van der Waals surface area contributed by atoms with Crippen molar-refractivity contribution in [3.05, 3.63) is 0 Å². The molecular weight excluding hydrogens is 429 g/mol. The lowest BCUT2D eigenvalue weighted by atomic mass is 9.83. The Morgan fingerprint density at radius 3 is 2.56 bits per heavy atom. The fourth-order valence-electron chi connectivity index (χ4n) is 3.48. The van der Waals surface area contributed by atoms with Gasteiger partial charge < -0.3 is 19.7 Å². The Hall–Kier alpha value is -0.0800. The SMILES string of the molecule is CCNC(=NCC1(CCOC)CCCC1)N(C)CCOCC1CC1.I. The van der Waals surface area contributed by atoms with Crippen LogP contribution in [0.1, 0.15) is 51.9 Å². The van der Waals surface area contributed by atoms with E-state index in [-0.39, 0.29) is 24.0 Å². The minimum Gasteiger partial charge on any atom is -0.385 e. The van der Waals surface area contributed by atoms with Crippen molar-refractivity contribution in [2.75, 3.05) is 53.6 Å². The summed E-state index contributed by atoms with van der Waals surface area (Å²) in [6, 6.07) is 0. The van der Waals surface area contributed by atoms with E-state index in [9.17, 15) is 0 Å². The molecule has 2 fully saturated rings.